The maximum absolute atomic E-state index is 13.0. The summed E-state index contributed by atoms with van der Waals surface area (Å²) >= 11 is -0.826. The van der Waals surface area contributed by atoms with Crippen molar-refractivity contribution in [2.75, 3.05) is 79.9 Å². The maximum atomic E-state index is 13.0. The fourth-order valence-corrected chi connectivity index (χ4v) is 7.46. The van der Waals surface area contributed by atoms with Crippen LogP contribution in [0.25, 0.3) is 10.4 Å². The van der Waals surface area contributed by atoms with E-state index in [0.717, 1.165) is 36.8 Å². The third kappa shape index (κ3) is 12.3. The van der Waals surface area contributed by atoms with Gasteiger partial charge in [0.25, 0.3) is 0 Å². The second kappa shape index (κ2) is 26.7. The molecule has 2 saturated heterocycles. The van der Waals surface area contributed by atoms with Gasteiger partial charge in [-0.05, 0) is 53.8 Å². The summed E-state index contributed by atoms with van der Waals surface area (Å²) in [5, 5.41) is 3.74. The Labute approximate surface area is 408 Å². The molecule has 2 amide bonds. The van der Waals surface area contributed by atoms with Crippen molar-refractivity contribution in [2.45, 2.75) is 63.7 Å². The molecule has 2 radical (unpaired) electrons. The molecule has 2 aliphatic heterocycles. The number of hydrogen-bond acceptors (Lipinski definition) is 14. The molecule has 362 valence electrons. The van der Waals surface area contributed by atoms with E-state index in [9.17, 15) is 9.59 Å². The van der Waals surface area contributed by atoms with E-state index < -0.39 is 37.0 Å². The number of methoxy groups -OCH3 is 8. The zero-order chi connectivity index (χ0) is 49.2. The Kier molecular flexibility index (Phi) is 21.6. The van der Waals surface area contributed by atoms with Crippen LogP contribution in [0.5, 0.6) is 57.5 Å². The molecule has 0 spiro atoms. The molecule has 4 aromatic carbocycles. The first kappa shape index (κ1) is 54.1. The zero-order valence-electron chi connectivity index (χ0n) is 39.3. The molecule has 18 nitrogen and oxygen atoms in total. The summed E-state index contributed by atoms with van der Waals surface area (Å²) in [6, 6.07) is 15.4. The van der Waals surface area contributed by atoms with Gasteiger partial charge >= 0.3 is 36.7 Å². The van der Waals surface area contributed by atoms with E-state index in [2.05, 4.69) is 23.9 Å². The first-order valence-electron chi connectivity index (χ1n) is 21.1. The summed E-state index contributed by atoms with van der Waals surface area (Å²) in [5.41, 5.74) is 18.0. The summed E-state index contributed by atoms with van der Waals surface area (Å²) in [6.07, 6.45) is 3.85. The van der Waals surface area contributed by atoms with Gasteiger partial charge in [0.1, 0.15) is 12.1 Å². The van der Waals surface area contributed by atoms with Crippen LogP contribution in [0.3, 0.4) is 0 Å². The van der Waals surface area contributed by atoms with Crippen molar-refractivity contribution in [1.82, 2.24) is 0 Å². The van der Waals surface area contributed by atoms with Crippen molar-refractivity contribution in [3.05, 3.63) is 82.2 Å². The van der Waals surface area contributed by atoms with Crippen LogP contribution in [-0.4, -0.2) is 113 Å². The molecular formula is C46H58Cl2N6O12Sn. The molecule has 4 atom stereocenters. The summed E-state index contributed by atoms with van der Waals surface area (Å²) in [7, 11) is 22.1. The second-order valence-corrected chi connectivity index (χ2v) is 18.8. The quantitative estimate of drug-likeness (QED) is 0.0207. The molecular weight excluding hydrogens is 1020 g/mol. The average Bonchev–Trinajstić information content (AvgIpc) is 3.35. The van der Waals surface area contributed by atoms with Crippen molar-refractivity contribution >= 4 is 59.9 Å². The molecule has 0 saturated carbocycles. The number of nitrogens with zero attached hydrogens (tertiary/aromatic N) is 5. The Hall–Kier alpha value is -5.53. The zero-order valence-corrected chi connectivity index (χ0v) is 43.7. The average molecular weight is 1080 g/mol. The molecule has 0 unspecified atom stereocenters. The number of nitrogens with two attached hydrogens (primary N) is 1. The molecule has 2 N–H and O–H groups in total. The summed E-state index contributed by atoms with van der Waals surface area (Å²) in [4.78, 5) is 31.8. The van der Waals surface area contributed by atoms with Gasteiger partial charge in [-0.2, -0.15) is 0 Å². The Morgan fingerprint density at radius 3 is 1.30 bits per heavy atom. The van der Waals surface area contributed by atoms with E-state index in [0.29, 0.717) is 82.1 Å². The Morgan fingerprint density at radius 2 is 0.955 bits per heavy atom. The van der Waals surface area contributed by atoms with Crippen LogP contribution in [0.15, 0.2) is 65.8 Å². The predicted molar refractivity (Wildman–Crippen MR) is 258 cm³/mol. The first-order chi connectivity index (χ1) is 32.4. The van der Waals surface area contributed by atoms with E-state index in [4.69, 9.17) is 76.5 Å². The van der Waals surface area contributed by atoms with E-state index in [1.165, 1.54) is 42.7 Å². The number of β-lactam (4-membered cyclic amide) rings is 2. The SMILES string of the molecule is CCCCOc1cc([C@H]2[C@H](N)C(=O)N2c2cc(OC)c(OC)c(OC)c2)ccc1OC.CCCCOc1cc([C@H]2[C@H](N=[N+]=[N-])C(=O)N2c2cc(OC)c(OC)c(OC)c2)ccc1OC.[Cl][Sn][Cl]. The molecule has 0 aromatic heterocycles. The van der Waals surface area contributed by atoms with Crippen LogP contribution in [0.1, 0.15) is 62.7 Å². The number of azide groups is 1. The fourth-order valence-electron chi connectivity index (χ4n) is 7.46. The number of anilines is 2. The van der Waals surface area contributed by atoms with Gasteiger partial charge in [0.2, 0.25) is 23.3 Å². The van der Waals surface area contributed by atoms with Gasteiger partial charge < -0.3 is 62.9 Å². The molecule has 21 heteroatoms. The number of amides is 2. The van der Waals surface area contributed by atoms with Crippen molar-refractivity contribution in [3.8, 4) is 57.5 Å². The van der Waals surface area contributed by atoms with Crippen LogP contribution in [-0.2, 0) is 9.59 Å². The molecule has 0 bridgehead atoms. The number of hydrogen-bond donors (Lipinski definition) is 1. The normalized spacial score (nSPS) is 16.9. The standard InChI is InChI=1S/C23H28N4O6.C23H30N2O6.2ClH.Sn/c1-6-7-10-33-17-11-14(8-9-16(17)29-2)21-20(25-26-24)23(28)27(21)15-12-18(30-3)22(32-5)19(13-15)31-4;1-6-7-10-31-17-11-14(8-9-16(17)27-2)21-20(24)23(26)25(21)15-12-18(28-3)22(30-5)19(13-15)29-4;;;/h8-9,11-13,20-21H,6-7,10H2,1-5H3;8-9,11-13,20-21H,6-7,10,24H2,1-5H3;2*1H;/q;;;;+2/p-2/t2*20-,21-;;;/m00.../s1. The molecule has 2 fully saturated rings. The summed E-state index contributed by atoms with van der Waals surface area (Å²) in [5.74, 6) is 4.49. The molecule has 4 aromatic rings. The van der Waals surface area contributed by atoms with Crippen molar-refractivity contribution in [1.29, 1.82) is 0 Å². The minimum absolute atomic E-state index is 0.191. The van der Waals surface area contributed by atoms with Crippen molar-refractivity contribution < 1.29 is 57.0 Å². The fraction of sp³-hybridized carbons (Fsp3) is 0.435. The molecule has 0 aliphatic carbocycles. The van der Waals surface area contributed by atoms with Crippen LogP contribution in [0, 0.1) is 0 Å². The molecule has 2 aliphatic rings. The van der Waals surface area contributed by atoms with Gasteiger partial charge in [0.15, 0.2) is 46.0 Å². The number of rotatable bonds is 21. The third-order valence-corrected chi connectivity index (χ3v) is 10.8. The van der Waals surface area contributed by atoms with E-state index >= 15 is 0 Å². The van der Waals surface area contributed by atoms with Gasteiger partial charge in [-0.3, -0.25) is 9.59 Å². The Balaban J connectivity index is 0.000000277. The number of unbranched alkanes of at least 4 members (excludes halogenated alkanes) is 2. The molecule has 2 heterocycles. The first-order valence-corrected chi connectivity index (χ1v) is 28.3. The van der Waals surface area contributed by atoms with Gasteiger partial charge in [-0.15, -0.1) is 0 Å². The van der Waals surface area contributed by atoms with E-state index in [1.807, 2.05) is 30.3 Å². The number of ether oxygens (including phenoxy) is 10. The molecule has 67 heavy (non-hydrogen) atoms. The minimum atomic E-state index is -0.897. The number of benzene rings is 4. The van der Waals surface area contributed by atoms with Crippen LogP contribution < -0.4 is 62.9 Å². The van der Waals surface area contributed by atoms with Crippen LogP contribution in [0.2, 0.25) is 0 Å². The van der Waals surface area contributed by atoms with Gasteiger partial charge in [-0.1, -0.05) is 43.9 Å². The monoisotopic (exact) mass is 1080 g/mol. The third-order valence-electron chi connectivity index (χ3n) is 10.8. The van der Waals surface area contributed by atoms with Gasteiger partial charge in [-0.25, -0.2) is 0 Å². The Bertz CT molecular complexity index is 2290. The van der Waals surface area contributed by atoms with Crippen molar-refractivity contribution in [3.63, 3.8) is 0 Å². The van der Waals surface area contributed by atoms with Gasteiger partial charge in [0, 0.05) is 29.2 Å². The summed E-state index contributed by atoms with van der Waals surface area (Å²) < 4.78 is 55.2. The van der Waals surface area contributed by atoms with Gasteiger partial charge in [0.05, 0.1) is 93.6 Å². The molecule has 6 rings (SSSR count). The summed E-state index contributed by atoms with van der Waals surface area (Å²) in [6.45, 7) is 5.31. The van der Waals surface area contributed by atoms with Crippen LogP contribution in [0.4, 0.5) is 11.4 Å². The number of halogens is 2. The van der Waals surface area contributed by atoms with Crippen LogP contribution >= 0.6 is 17.8 Å². The topological polar surface area (TPSA) is 208 Å². The van der Waals surface area contributed by atoms with Crippen molar-refractivity contribution in [2.24, 2.45) is 10.8 Å². The number of carbonyl (C=O) groups excluding carboxylic acids is 2. The second-order valence-electron chi connectivity index (χ2n) is 14.5. The predicted octanol–water partition coefficient (Wildman–Crippen LogP) is 8.98. The van der Waals surface area contributed by atoms with E-state index in [-0.39, 0.29) is 17.9 Å². The van der Waals surface area contributed by atoms with E-state index in [1.54, 1.807) is 54.4 Å². The number of carbonyl (C=O) groups is 2. The Morgan fingerprint density at radius 1 is 0.582 bits per heavy atom.